The van der Waals surface area contributed by atoms with Gasteiger partial charge in [-0.25, -0.2) is 0 Å². The first-order chi connectivity index (χ1) is 12.7. The molecule has 0 fully saturated rings. The van der Waals surface area contributed by atoms with E-state index in [1.807, 2.05) is 12.1 Å². The Bertz CT molecular complexity index is 770. The minimum atomic E-state index is -0.286. The molecular formula is C21H23NO4. The summed E-state index contributed by atoms with van der Waals surface area (Å²) in [6, 6.07) is 15.4. The predicted molar refractivity (Wildman–Crippen MR) is 97.9 cm³/mol. The van der Waals surface area contributed by atoms with Gasteiger partial charge in [0.25, 0.3) is 5.91 Å². The molecular weight excluding hydrogens is 330 g/mol. The van der Waals surface area contributed by atoms with Crippen molar-refractivity contribution in [1.82, 2.24) is 5.32 Å². The molecule has 5 heteroatoms. The molecule has 0 aromatic heterocycles. The Balaban J connectivity index is 1.51. The maximum absolute atomic E-state index is 12.2. The van der Waals surface area contributed by atoms with Crippen LogP contribution in [0.5, 0.6) is 5.75 Å². The normalized spacial score (nSPS) is 15.7. The minimum Gasteiger partial charge on any atom is -0.484 e. The van der Waals surface area contributed by atoms with Gasteiger partial charge in [0, 0.05) is 0 Å². The van der Waals surface area contributed by atoms with Crippen molar-refractivity contribution in [2.45, 2.75) is 31.7 Å². The number of methoxy groups -OCH3 is 1. The molecule has 0 unspecified atom stereocenters. The van der Waals surface area contributed by atoms with Crippen LogP contribution in [0.3, 0.4) is 0 Å². The first kappa shape index (κ1) is 18.0. The molecule has 1 aliphatic carbocycles. The van der Waals surface area contributed by atoms with E-state index in [2.05, 4.69) is 22.2 Å². The zero-order valence-electron chi connectivity index (χ0n) is 14.9. The monoisotopic (exact) mass is 353 g/mol. The zero-order chi connectivity index (χ0) is 18.4. The van der Waals surface area contributed by atoms with Crippen molar-refractivity contribution in [2.75, 3.05) is 13.7 Å². The van der Waals surface area contributed by atoms with Crippen molar-refractivity contribution in [3.63, 3.8) is 0 Å². The topological polar surface area (TPSA) is 64.6 Å². The van der Waals surface area contributed by atoms with E-state index in [0.29, 0.717) is 5.75 Å². The maximum Gasteiger partial charge on any atom is 0.309 e. The number of amides is 1. The number of benzene rings is 2. The van der Waals surface area contributed by atoms with Crippen LogP contribution in [0.2, 0.25) is 0 Å². The minimum absolute atomic E-state index is 0.0327. The van der Waals surface area contributed by atoms with Gasteiger partial charge in [-0.15, -0.1) is 0 Å². The van der Waals surface area contributed by atoms with Gasteiger partial charge in [0.2, 0.25) is 0 Å². The number of ether oxygens (including phenoxy) is 2. The first-order valence-corrected chi connectivity index (χ1v) is 8.81. The number of nitrogens with one attached hydrogen (secondary N) is 1. The molecule has 1 amide bonds. The second kappa shape index (κ2) is 8.52. The quantitative estimate of drug-likeness (QED) is 0.811. The fraction of sp³-hybridized carbons (Fsp3) is 0.333. The van der Waals surface area contributed by atoms with Gasteiger partial charge in [0.05, 0.1) is 19.6 Å². The van der Waals surface area contributed by atoms with E-state index in [0.717, 1.165) is 24.8 Å². The Labute approximate surface area is 153 Å². The zero-order valence-corrected chi connectivity index (χ0v) is 14.9. The predicted octanol–water partition coefficient (Wildman–Crippen LogP) is 2.97. The Hall–Kier alpha value is -2.82. The van der Waals surface area contributed by atoms with Crippen LogP contribution in [0, 0.1) is 0 Å². The van der Waals surface area contributed by atoms with Crippen LogP contribution >= 0.6 is 0 Å². The fourth-order valence-electron chi connectivity index (χ4n) is 3.23. The molecule has 1 atom stereocenters. The van der Waals surface area contributed by atoms with E-state index in [-0.39, 0.29) is 30.9 Å². The summed E-state index contributed by atoms with van der Waals surface area (Å²) in [6.45, 7) is -0.0327. The molecule has 0 saturated heterocycles. The first-order valence-electron chi connectivity index (χ1n) is 8.81. The second-order valence-corrected chi connectivity index (χ2v) is 6.40. The summed E-state index contributed by atoms with van der Waals surface area (Å²) >= 11 is 0. The average Bonchev–Trinajstić information content (AvgIpc) is 2.67. The van der Waals surface area contributed by atoms with Crippen LogP contribution in [0.4, 0.5) is 0 Å². The average molecular weight is 353 g/mol. The Morgan fingerprint density at radius 2 is 1.88 bits per heavy atom. The van der Waals surface area contributed by atoms with Crippen molar-refractivity contribution < 1.29 is 19.1 Å². The van der Waals surface area contributed by atoms with Gasteiger partial charge in [-0.2, -0.15) is 0 Å². The van der Waals surface area contributed by atoms with Crippen molar-refractivity contribution in [3.8, 4) is 5.75 Å². The van der Waals surface area contributed by atoms with Gasteiger partial charge < -0.3 is 14.8 Å². The van der Waals surface area contributed by atoms with Crippen molar-refractivity contribution in [1.29, 1.82) is 0 Å². The smallest absolute Gasteiger partial charge is 0.309 e. The van der Waals surface area contributed by atoms with E-state index in [1.54, 1.807) is 24.3 Å². The molecule has 2 aromatic carbocycles. The van der Waals surface area contributed by atoms with Crippen molar-refractivity contribution in [2.24, 2.45) is 0 Å². The number of hydrogen-bond donors (Lipinski definition) is 1. The molecule has 0 heterocycles. The summed E-state index contributed by atoms with van der Waals surface area (Å²) in [5.74, 6) is 0.175. The summed E-state index contributed by atoms with van der Waals surface area (Å²) in [4.78, 5) is 23.5. The summed E-state index contributed by atoms with van der Waals surface area (Å²) in [5.41, 5.74) is 3.36. The van der Waals surface area contributed by atoms with Gasteiger partial charge in [-0.05, 0) is 48.1 Å². The van der Waals surface area contributed by atoms with Crippen LogP contribution in [-0.2, 0) is 27.2 Å². The van der Waals surface area contributed by atoms with E-state index >= 15 is 0 Å². The maximum atomic E-state index is 12.2. The number of carbonyl (C=O) groups excluding carboxylic acids is 2. The number of fused-ring (bicyclic) bond motifs is 1. The molecule has 0 radical (unpaired) electrons. The number of esters is 1. The molecule has 1 aliphatic rings. The van der Waals surface area contributed by atoms with Gasteiger partial charge in [0.1, 0.15) is 5.75 Å². The van der Waals surface area contributed by atoms with Gasteiger partial charge in [0.15, 0.2) is 6.61 Å². The van der Waals surface area contributed by atoms with Crippen LogP contribution < -0.4 is 10.1 Å². The molecule has 26 heavy (non-hydrogen) atoms. The molecule has 1 N–H and O–H groups in total. The number of carbonyl (C=O) groups is 2. The number of aryl methyl sites for hydroxylation is 1. The van der Waals surface area contributed by atoms with Gasteiger partial charge >= 0.3 is 5.97 Å². The fourth-order valence-corrected chi connectivity index (χ4v) is 3.23. The third-order valence-electron chi connectivity index (χ3n) is 4.57. The van der Waals surface area contributed by atoms with E-state index in [9.17, 15) is 9.59 Å². The molecule has 2 aromatic rings. The number of hydrogen-bond acceptors (Lipinski definition) is 4. The Morgan fingerprint density at radius 1 is 1.12 bits per heavy atom. The summed E-state index contributed by atoms with van der Waals surface area (Å²) in [5, 5.41) is 3.07. The van der Waals surface area contributed by atoms with Crippen LogP contribution in [0.25, 0.3) is 0 Å². The second-order valence-electron chi connectivity index (χ2n) is 6.40. The Kier molecular flexibility index (Phi) is 5.89. The lowest BCUT2D eigenvalue weighted by molar-refractivity contribution is -0.139. The highest BCUT2D eigenvalue weighted by Crippen LogP contribution is 2.29. The highest BCUT2D eigenvalue weighted by molar-refractivity contribution is 5.78. The molecule has 0 saturated carbocycles. The van der Waals surface area contributed by atoms with Crippen molar-refractivity contribution >= 4 is 11.9 Å². The highest BCUT2D eigenvalue weighted by atomic mass is 16.5. The molecule has 3 rings (SSSR count). The van der Waals surface area contributed by atoms with E-state index in [4.69, 9.17) is 4.74 Å². The lowest BCUT2D eigenvalue weighted by atomic mass is 9.88. The third-order valence-corrected chi connectivity index (χ3v) is 4.57. The Morgan fingerprint density at radius 3 is 2.65 bits per heavy atom. The third kappa shape index (κ3) is 4.63. The van der Waals surface area contributed by atoms with Gasteiger partial charge in [-0.1, -0.05) is 36.4 Å². The van der Waals surface area contributed by atoms with E-state index in [1.165, 1.54) is 18.2 Å². The van der Waals surface area contributed by atoms with Crippen LogP contribution in [0.1, 0.15) is 35.6 Å². The molecule has 136 valence electrons. The summed E-state index contributed by atoms with van der Waals surface area (Å²) < 4.78 is 10.2. The summed E-state index contributed by atoms with van der Waals surface area (Å²) in [7, 11) is 1.36. The van der Waals surface area contributed by atoms with Crippen LogP contribution in [-0.4, -0.2) is 25.6 Å². The van der Waals surface area contributed by atoms with Crippen LogP contribution in [0.15, 0.2) is 48.5 Å². The summed E-state index contributed by atoms with van der Waals surface area (Å²) in [6.07, 6.45) is 3.31. The SMILES string of the molecule is COC(=O)Cc1ccc(OCC(=O)N[C@@H]2CCCc3ccccc32)cc1. The standard InChI is InChI=1S/C21H23NO4/c1-25-21(24)13-15-9-11-17(12-10-15)26-14-20(23)22-19-8-4-6-16-5-2-3-7-18(16)19/h2-3,5,7,9-12,19H,4,6,8,13-14H2,1H3,(H,22,23)/t19-/m1/s1. The molecule has 0 bridgehead atoms. The molecule has 0 spiro atoms. The molecule has 5 nitrogen and oxygen atoms in total. The van der Waals surface area contributed by atoms with Crippen molar-refractivity contribution in [3.05, 3.63) is 65.2 Å². The largest absolute Gasteiger partial charge is 0.484 e. The van der Waals surface area contributed by atoms with E-state index < -0.39 is 0 Å². The lowest BCUT2D eigenvalue weighted by Gasteiger charge is -2.26. The molecule has 0 aliphatic heterocycles. The van der Waals surface area contributed by atoms with Gasteiger partial charge in [-0.3, -0.25) is 9.59 Å². The highest BCUT2D eigenvalue weighted by Gasteiger charge is 2.21. The number of rotatable bonds is 6. The lowest BCUT2D eigenvalue weighted by Crippen LogP contribution is -2.34.